The Morgan fingerprint density at radius 1 is 1.25 bits per heavy atom. The fraction of sp³-hybridized carbons (Fsp3) is 0.615. The summed E-state index contributed by atoms with van der Waals surface area (Å²) in [6.45, 7) is 9.27. The number of methoxy groups -OCH3 is 2. The Morgan fingerprint density at radius 3 is 2.62 bits per heavy atom. The number of carbonyl (C=O) groups excluding carboxylic acids is 5. The summed E-state index contributed by atoms with van der Waals surface area (Å²) in [4.78, 5) is 68.3. The summed E-state index contributed by atoms with van der Waals surface area (Å²) in [5.41, 5.74) is -0.999. The zero-order chi connectivity index (χ0) is 41.5. The highest BCUT2D eigenvalue weighted by Gasteiger charge is 2.64. The maximum absolute atomic E-state index is 14.2. The van der Waals surface area contributed by atoms with Crippen LogP contribution in [0.2, 0.25) is 5.02 Å². The minimum absolute atomic E-state index is 0.0663. The molecule has 8 atom stereocenters. The number of amides is 4. The molecule has 4 rings (SSSR count). The smallest absolute Gasteiger partial charge is 0.409 e. The lowest BCUT2D eigenvalue weighted by atomic mass is 9.83. The van der Waals surface area contributed by atoms with Gasteiger partial charge in [0.15, 0.2) is 5.72 Å². The van der Waals surface area contributed by atoms with E-state index >= 15 is 0 Å². The number of thioether (sulfide) groups is 1. The van der Waals surface area contributed by atoms with Gasteiger partial charge in [0.05, 0.1) is 31.1 Å². The lowest BCUT2D eigenvalue weighted by Crippen LogP contribution is -2.63. The molecule has 0 radical (unpaired) electrons. The van der Waals surface area contributed by atoms with Crippen LogP contribution in [0, 0.1) is 5.92 Å². The van der Waals surface area contributed by atoms with E-state index in [0.717, 1.165) is 11.1 Å². The number of nitrogens with one attached hydrogen (secondary N) is 2. The monoisotopic (exact) mass is 822 g/mol. The number of carbonyl (C=O) groups is 5. The minimum Gasteiger partial charge on any atom is -0.495 e. The van der Waals surface area contributed by atoms with Crippen LogP contribution >= 0.6 is 23.4 Å². The first-order valence-electron chi connectivity index (χ1n) is 18.6. The first-order valence-corrected chi connectivity index (χ1v) is 20.1. The van der Waals surface area contributed by atoms with Gasteiger partial charge in [-0.05, 0) is 51.8 Å². The SMILES string of the molecule is CCNC(=O)CSCCC(=O)N(C)[C@@H](C)C(=O)O[C@H]1CC(=O)N(C)c2cc(cc(OC)c2Cl)C/C(C)=C/C=C/[C@@H](OC)[C@@]2(O)C[C@H](OC(=O)N2)[C@@H](C)[C@@H]2O[C@@]12C. The number of epoxide rings is 1. The molecule has 3 N–H and O–H groups in total. The quantitative estimate of drug-likeness (QED) is 0.167. The van der Waals surface area contributed by atoms with Crippen LogP contribution in [-0.4, -0.2) is 128 Å². The number of benzene rings is 1. The van der Waals surface area contributed by atoms with E-state index in [1.807, 2.05) is 19.9 Å². The van der Waals surface area contributed by atoms with Crippen LogP contribution in [0.5, 0.6) is 5.75 Å². The molecule has 3 aliphatic heterocycles. The van der Waals surface area contributed by atoms with E-state index in [0.29, 0.717) is 30.2 Å². The third-order valence-corrected chi connectivity index (χ3v) is 11.9. The van der Waals surface area contributed by atoms with Crippen LogP contribution in [-0.2, 0) is 44.5 Å². The molecule has 4 amide bonds. The fourth-order valence-corrected chi connectivity index (χ4v) is 8.03. The largest absolute Gasteiger partial charge is 0.495 e. The number of allylic oxidation sites excluding steroid dienone is 3. The van der Waals surface area contributed by atoms with Gasteiger partial charge in [-0.25, -0.2) is 9.59 Å². The summed E-state index contributed by atoms with van der Waals surface area (Å²) in [6, 6.07) is 2.53. The Balaban J connectivity index is 1.67. The van der Waals surface area contributed by atoms with Crippen molar-refractivity contribution in [1.29, 1.82) is 0 Å². The molecule has 0 spiro atoms. The van der Waals surface area contributed by atoms with Gasteiger partial charge in [0.1, 0.15) is 40.7 Å². The van der Waals surface area contributed by atoms with Crippen molar-refractivity contribution in [3.63, 3.8) is 0 Å². The maximum atomic E-state index is 14.2. The molecule has 4 bridgehead atoms. The van der Waals surface area contributed by atoms with Crippen LogP contribution in [0.3, 0.4) is 0 Å². The highest BCUT2D eigenvalue weighted by atomic mass is 35.5. The molecule has 0 saturated carbocycles. The van der Waals surface area contributed by atoms with Gasteiger partial charge in [-0.1, -0.05) is 42.3 Å². The van der Waals surface area contributed by atoms with Gasteiger partial charge in [-0.2, -0.15) is 11.8 Å². The highest BCUT2D eigenvalue weighted by molar-refractivity contribution is 7.99. The average molecular weight is 823 g/mol. The minimum atomic E-state index is -1.84. The molecule has 310 valence electrons. The van der Waals surface area contributed by atoms with Gasteiger partial charge in [0.2, 0.25) is 17.7 Å². The first-order chi connectivity index (χ1) is 26.4. The van der Waals surface area contributed by atoms with Crippen molar-refractivity contribution in [1.82, 2.24) is 15.5 Å². The zero-order valence-electron chi connectivity index (χ0n) is 33.5. The third kappa shape index (κ3) is 10.6. The van der Waals surface area contributed by atoms with Gasteiger partial charge in [0.25, 0.3) is 0 Å². The van der Waals surface area contributed by atoms with Gasteiger partial charge in [0, 0.05) is 52.3 Å². The van der Waals surface area contributed by atoms with Crippen molar-refractivity contribution in [3.05, 3.63) is 46.5 Å². The van der Waals surface area contributed by atoms with Crippen molar-refractivity contribution < 1.29 is 52.8 Å². The van der Waals surface area contributed by atoms with Crippen molar-refractivity contribution >= 4 is 58.8 Å². The number of fused-ring (bicyclic) bond motifs is 5. The van der Waals surface area contributed by atoms with E-state index in [4.69, 9.17) is 35.3 Å². The van der Waals surface area contributed by atoms with Crippen LogP contribution in [0.1, 0.15) is 59.4 Å². The fourth-order valence-electron chi connectivity index (χ4n) is 6.97. The van der Waals surface area contributed by atoms with E-state index in [1.165, 1.54) is 49.8 Å². The second-order valence-electron chi connectivity index (χ2n) is 14.7. The molecule has 1 aromatic carbocycles. The molecular formula is C39H55ClN4O11S. The van der Waals surface area contributed by atoms with Crippen LogP contribution in [0.15, 0.2) is 35.9 Å². The Bertz CT molecular complexity index is 1710. The molecule has 0 aliphatic carbocycles. The first kappa shape index (κ1) is 44.9. The maximum Gasteiger partial charge on any atom is 0.409 e. The Kier molecular flexibility index (Phi) is 15.3. The molecule has 3 heterocycles. The van der Waals surface area contributed by atoms with Crippen molar-refractivity contribution in [3.8, 4) is 5.75 Å². The van der Waals surface area contributed by atoms with E-state index < -0.39 is 65.7 Å². The molecule has 17 heteroatoms. The van der Waals surface area contributed by atoms with Crippen molar-refractivity contribution in [2.24, 2.45) is 5.92 Å². The lowest BCUT2D eigenvalue weighted by molar-refractivity contribution is -0.162. The highest BCUT2D eigenvalue weighted by Crippen LogP contribution is 2.49. The Labute approximate surface area is 337 Å². The summed E-state index contributed by atoms with van der Waals surface area (Å²) in [5, 5.41) is 17.2. The number of anilines is 1. The van der Waals surface area contributed by atoms with Crippen LogP contribution < -0.4 is 20.3 Å². The molecule has 2 fully saturated rings. The molecular weight excluding hydrogens is 768 g/mol. The van der Waals surface area contributed by atoms with Crippen LogP contribution in [0.25, 0.3) is 0 Å². The van der Waals surface area contributed by atoms with Gasteiger partial charge in [-0.3, -0.25) is 19.7 Å². The van der Waals surface area contributed by atoms with Gasteiger partial charge >= 0.3 is 12.1 Å². The summed E-state index contributed by atoms with van der Waals surface area (Å²) in [5.74, 6) is -1.27. The molecule has 15 nitrogen and oxygen atoms in total. The standard InChI is InChI=1S/C39H55ClN4O11S/c1-10-41-31(45)21-56-15-14-32(46)43(6)24(4)36(48)54-30-19-33(47)44(7)26-17-25(18-27(51-8)34(26)40)16-22(2)12-11-13-29(52-9)39(50)20-28(53-37(49)42-39)23(3)35-38(30,5)55-35/h11-13,17-18,23-24,28-30,35,50H,10,14-16,19-21H2,1-9H3,(H,41,45)(H,42,49)/b13-11+,22-12+/t23-,24+,28+,29-,30+,35+,38+,39+/m1/s1. The summed E-state index contributed by atoms with van der Waals surface area (Å²) in [6.07, 6.45) is 0.846. The van der Waals surface area contributed by atoms with E-state index in [-0.39, 0.29) is 41.9 Å². The lowest BCUT2D eigenvalue weighted by Gasteiger charge is -2.42. The molecule has 0 aromatic heterocycles. The number of nitrogens with zero attached hydrogens (tertiary/aromatic N) is 2. The summed E-state index contributed by atoms with van der Waals surface area (Å²) in [7, 11) is 5.96. The van der Waals surface area contributed by atoms with E-state index in [9.17, 15) is 29.1 Å². The van der Waals surface area contributed by atoms with Gasteiger partial charge < -0.3 is 43.9 Å². The molecule has 56 heavy (non-hydrogen) atoms. The van der Waals surface area contributed by atoms with Crippen molar-refractivity contribution in [2.75, 3.05) is 51.3 Å². The topological polar surface area (TPSA) is 186 Å². The molecule has 2 saturated heterocycles. The normalized spacial score (nSPS) is 30.0. The second-order valence-corrected chi connectivity index (χ2v) is 16.1. The van der Waals surface area contributed by atoms with E-state index in [2.05, 4.69) is 10.6 Å². The number of hydrogen-bond donors (Lipinski definition) is 3. The number of rotatable bonds is 11. The Hall–Kier alpha value is -3.83. The zero-order valence-corrected chi connectivity index (χ0v) is 35.1. The summed E-state index contributed by atoms with van der Waals surface area (Å²) < 4.78 is 29.2. The number of alkyl carbamates (subject to hydrolysis) is 1. The predicted molar refractivity (Wildman–Crippen MR) is 212 cm³/mol. The predicted octanol–water partition coefficient (Wildman–Crippen LogP) is 3.77. The van der Waals surface area contributed by atoms with Crippen LogP contribution in [0.4, 0.5) is 10.5 Å². The van der Waals surface area contributed by atoms with E-state index in [1.54, 1.807) is 45.2 Å². The number of ether oxygens (including phenoxy) is 5. The average Bonchev–Trinajstić information content (AvgIpc) is 3.85. The number of likely N-dealkylation sites (N-methyl/N-ethyl adjacent to an activating group) is 1. The Morgan fingerprint density at radius 2 is 1.96 bits per heavy atom. The third-order valence-electron chi connectivity index (χ3n) is 10.6. The number of aliphatic hydroxyl groups is 1. The molecule has 0 unspecified atom stereocenters. The second kappa shape index (κ2) is 19.1. The summed E-state index contributed by atoms with van der Waals surface area (Å²) >= 11 is 8.07. The molecule has 3 aliphatic rings. The molecule has 1 aromatic rings. The number of halogens is 1. The number of hydrogen-bond acceptors (Lipinski definition) is 12. The number of esters is 1. The van der Waals surface area contributed by atoms with Crippen molar-refractivity contribution in [2.45, 2.75) is 102 Å². The van der Waals surface area contributed by atoms with Gasteiger partial charge in [-0.15, -0.1) is 0 Å².